The molecule has 0 spiro atoms. The molecule has 1 N–H and O–H groups in total. The number of aromatic nitrogens is 4. The average Bonchev–Trinajstić information content (AvgIpc) is 2.83. The van der Waals surface area contributed by atoms with Gasteiger partial charge in [-0.25, -0.2) is 13.4 Å². The van der Waals surface area contributed by atoms with Crippen molar-refractivity contribution >= 4 is 20.9 Å². The molecule has 3 rings (SSSR count). The van der Waals surface area contributed by atoms with Crippen LogP contribution >= 0.6 is 0 Å². The van der Waals surface area contributed by atoms with E-state index in [0.717, 1.165) is 17.0 Å². The van der Waals surface area contributed by atoms with Crippen molar-refractivity contribution in [3.05, 3.63) is 35.7 Å². The van der Waals surface area contributed by atoms with Crippen LogP contribution in [0.3, 0.4) is 0 Å². The number of hydrogen-bond donors (Lipinski definition) is 1. The van der Waals surface area contributed by atoms with Crippen molar-refractivity contribution in [2.24, 2.45) is 0 Å². The molecule has 2 aromatic heterocycles. The predicted octanol–water partition coefficient (Wildman–Crippen LogP) is 2.04. The van der Waals surface area contributed by atoms with E-state index >= 15 is 0 Å². The molecule has 0 aliphatic rings. The molecule has 7 heteroatoms. The fourth-order valence-corrected chi connectivity index (χ4v) is 3.05. The maximum atomic E-state index is 11.8. The SMILES string of the molecule is Cc1cc(-c2nc3c(S(C)(=O)=O)cccc3[nH]2)c(C)nn1. The zero-order valence-corrected chi connectivity index (χ0v) is 12.7. The molecular weight excluding hydrogens is 288 g/mol. The van der Waals surface area contributed by atoms with Gasteiger partial charge in [-0.05, 0) is 32.0 Å². The van der Waals surface area contributed by atoms with Crippen LogP contribution < -0.4 is 0 Å². The number of hydrogen-bond acceptors (Lipinski definition) is 5. The molecule has 21 heavy (non-hydrogen) atoms. The first-order chi connectivity index (χ1) is 9.86. The maximum absolute atomic E-state index is 11.8. The molecule has 108 valence electrons. The second-order valence-electron chi connectivity index (χ2n) is 4.99. The Morgan fingerprint density at radius 3 is 2.62 bits per heavy atom. The summed E-state index contributed by atoms with van der Waals surface area (Å²) in [5, 5.41) is 8.06. The molecule has 0 atom stereocenters. The van der Waals surface area contributed by atoms with Crippen molar-refractivity contribution in [2.75, 3.05) is 6.26 Å². The minimum Gasteiger partial charge on any atom is -0.338 e. The van der Waals surface area contributed by atoms with Crippen LogP contribution in [0.15, 0.2) is 29.2 Å². The molecule has 0 saturated carbocycles. The summed E-state index contributed by atoms with van der Waals surface area (Å²) < 4.78 is 23.7. The van der Waals surface area contributed by atoms with Gasteiger partial charge < -0.3 is 4.98 Å². The Balaban J connectivity index is 2.30. The van der Waals surface area contributed by atoms with Crippen LogP contribution in [0.2, 0.25) is 0 Å². The number of aromatic amines is 1. The van der Waals surface area contributed by atoms with Gasteiger partial charge in [-0.3, -0.25) is 0 Å². The number of H-pyrrole nitrogens is 1. The number of para-hydroxylation sites is 1. The lowest BCUT2D eigenvalue weighted by Crippen LogP contribution is -1.98. The zero-order valence-electron chi connectivity index (χ0n) is 11.9. The monoisotopic (exact) mass is 302 g/mol. The number of nitrogens with zero attached hydrogens (tertiary/aromatic N) is 3. The quantitative estimate of drug-likeness (QED) is 0.782. The Morgan fingerprint density at radius 1 is 1.14 bits per heavy atom. The van der Waals surface area contributed by atoms with Gasteiger partial charge in [-0.1, -0.05) is 6.07 Å². The summed E-state index contributed by atoms with van der Waals surface area (Å²) in [6.07, 6.45) is 1.18. The summed E-state index contributed by atoms with van der Waals surface area (Å²) in [6.45, 7) is 3.69. The summed E-state index contributed by atoms with van der Waals surface area (Å²) in [5.74, 6) is 0.594. The van der Waals surface area contributed by atoms with Gasteiger partial charge in [0.25, 0.3) is 0 Å². The van der Waals surface area contributed by atoms with E-state index in [9.17, 15) is 8.42 Å². The predicted molar refractivity (Wildman–Crippen MR) is 79.7 cm³/mol. The van der Waals surface area contributed by atoms with E-state index in [4.69, 9.17) is 0 Å². The van der Waals surface area contributed by atoms with Crippen LogP contribution in [-0.2, 0) is 9.84 Å². The lowest BCUT2D eigenvalue weighted by molar-refractivity contribution is 0.602. The number of imidazole rings is 1. The van der Waals surface area contributed by atoms with Crippen LogP contribution in [0.1, 0.15) is 11.4 Å². The molecule has 0 bridgehead atoms. The third-order valence-corrected chi connectivity index (χ3v) is 4.36. The topological polar surface area (TPSA) is 88.6 Å². The third-order valence-electron chi connectivity index (χ3n) is 3.23. The molecule has 0 radical (unpaired) electrons. The van der Waals surface area contributed by atoms with Crippen molar-refractivity contribution in [1.29, 1.82) is 0 Å². The van der Waals surface area contributed by atoms with Crippen molar-refractivity contribution in [2.45, 2.75) is 18.7 Å². The van der Waals surface area contributed by atoms with Crippen LogP contribution in [0.4, 0.5) is 0 Å². The summed E-state index contributed by atoms with van der Waals surface area (Å²) in [6, 6.07) is 6.94. The molecule has 0 aliphatic carbocycles. The summed E-state index contributed by atoms with van der Waals surface area (Å²) in [5.41, 5.74) is 3.46. The first-order valence-electron chi connectivity index (χ1n) is 6.36. The van der Waals surface area contributed by atoms with Gasteiger partial charge in [-0.15, -0.1) is 0 Å². The molecule has 0 aliphatic heterocycles. The van der Waals surface area contributed by atoms with E-state index in [2.05, 4.69) is 20.2 Å². The standard InChI is InChI=1S/C14H14N4O2S/c1-8-7-10(9(2)18-17-8)14-15-11-5-4-6-12(13(11)16-14)21(3,19)20/h4-7H,1-3H3,(H,15,16). The highest BCUT2D eigenvalue weighted by Crippen LogP contribution is 2.26. The van der Waals surface area contributed by atoms with Gasteiger partial charge in [0.2, 0.25) is 0 Å². The first kappa shape index (κ1) is 13.7. The fraction of sp³-hybridized carbons (Fsp3) is 0.214. The number of sulfone groups is 1. The molecule has 0 fully saturated rings. The van der Waals surface area contributed by atoms with Gasteiger partial charge in [0, 0.05) is 11.8 Å². The molecule has 6 nitrogen and oxygen atoms in total. The van der Waals surface area contributed by atoms with Gasteiger partial charge in [0.1, 0.15) is 11.3 Å². The highest BCUT2D eigenvalue weighted by Gasteiger charge is 2.16. The van der Waals surface area contributed by atoms with E-state index in [0.29, 0.717) is 16.9 Å². The lowest BCUT2D eigenvalue weighted by atomic mass is 10.2. The van der Waals surface area contributed by atoms with Crippen molar-refractivity contribution < 1.29 is 8.42 Å². The van der Waals surface area contributed by atoms with Crippen LogP contribution in [0, 0.1) is 13.8 Å². The Hall–Kier alpha value is -2.28. The minimum atomic E-state index is -3.33. The molecule has 0 amide bonds. The van der Waals surface area contributed by atoms with E-state index in [-0.39, 0.29) is 4.90 Å². The highest BCUT2D eigenvalue weighted by atomic mass is 32.2. The Morgan fingerprint density at radius 2 is 1.90 bits per heavy atom. The van der Waals surface area contributed by atoms with E-state index < -0.39 is 9.84 Å². The normalized spacial score (nSPS) is 12.0. The number of benzene rings is 1. The van der Waals surface area contributed by atoms with Crippen LogP contribution in [0.5, 0.6) is 0 Å². The summed E-state index contributed by atoms with van der Waals surface area (Å²) in [7, 11) is -3.33. The third kappa shape index (κ3) is 2.40. The molecule has 1 aromatic carbocycles. The lowest BCUT2D eigenvalue weighted by Gasteiger charge is -2.01. The van der Waals surface area contributed by atoms with Crippen molar-refractivity contribution in [3.8, 4) is 11.4 Å². The second-order valence-corrected chi connectivity index (χ2v) is 6.98. The first-order valence-corrected chi connectivity index (χ1v) is 8.25. The summed E-state index contributed by atoms with van der Waals surface area (Å²) in [4.78, 5) is 7.82. The van der Waals surface area contributed by atoms with Gasteiger partial charge >= 0.3 is 0 Å². The molecule has 2 heterocycles. The molecular formula is C14H14N4O2S. The van der Waals surface area contributed by atoms with Gasteiger partial charge in [-0.2, -0.15) is 10.2 Å². The number of aryl methyl sites for hydroxylation is 2. The number of rotatable bonds is 2. The Kier molecular flexibility index (Phi) is 3.02. The average molecular weight is 302 g/mol. The van der Waals surface area contributed by atoms with E-state index in [1.807, 2.05) is 19.9 Å². The molecule has 0 saturated heterocycles. The minimum absolute atomic E-state index is 0.221. The number of nitrogens with one attached hydrogen (secondary N) is 1. The fourth-order valence-electron chi connectivity index (χ4n) is 2.22. The Bertz CT molecular complexity index is 945. The van der Waals surface area contributed by atoms with Gasteiger partial charge in [0.05, 0.1) is 21.8 Å². The second kappa shape index (κ2) is 4.63. The maximum Gasteiger partial charge on any atom is 0.177 e. The van der Waals surface area contributed by atoms with Crippen molar-refractivity contribution in [3.63, 3.8) is 0 Å². The zero-order chi connectivity index (χ0) is 15.2. The van der Waals surface area contributed by atoms with E-state index in [1.165, 1.54) is 6.26 Å². The highest BCUT2D eigenvalue weighted by molar-refractivity contribution is 7.91. The van der Waals surface area contributed by atoms with Gasteiger partial charge in [0.15, 0.2) is 9.84 Å². The molecule has 3 aromatic rings. The largest absolute Gasteiger partial charge is 0.338 e. The Labute approximate surface area is 122 Å². The van der Waals surface area contributed by atoms with Crippen LogP contribution in [0.25, 0.3) is 22.4 Å². The van der Waals surface area contributed by atoms with E-state index in [1.54, 1.807) is 18.2 Å². The molecule has 0 unspecified atom stereocenters. The summed E-state index contributed by atoms with van der Waals surface area (Å²) >= 11 is 0. The van der Waals surface area contributed by atoms with Crippen LogP contribution in [-0.4, -0.2) is 34.8 Å². The smallest absolute Gasteiger partial charge is 0.177 e. The number of fused-ring (bicyclic) bond motifs is 1. The van der Waals surface area contributed by atoms with Crippen molar-refractivity contribution in [1.82, 2.24) is 20.2 Å².